The first-order valence-electron chi connectivity index (χ1n) is 7.52. The van der Waals surface area contributed by atoms with Crippen molar-refractivity contribution >= 4 is 0 Å². The van der Waals surface area contributed by atoms with Crippen molar-refractivity contribution < 1.29 is 0 Å². The number of benzene rings is 1. The minimum atomic E-state index is 0.327. The van der Waals surface area contributed by atoms with Crippen molar-refractivity contribution in [3.8, 4) is 5.69 Å². The third-order valence-corrected chi connectivity index (χ3v) is 4.33. The lowest BCUT2D eigenvalue weighted by atomic mass is 9.96. The fraction of sp³-hybridized carbons (Fsp3) is 0.500. The minimum Gasteiger partial charge on any atom is -0.312 e. The molecule has 1 fully saturated rings. The Morgan fingerprint density at radius 3 is 2.70 bits per heavy atom. The van der Waals surface area contributed by atoms with E-state index < -0.39 is 0 Å². The predicted molar refractivity (Wildman–Crippen MR) is 79.7 cm³/mol. The van der Waals surface area contributed by atoms with Gasteiger partial charge in [0.25, 0.3) is 0 Å². The Labute approximate surface area is 120 Å². The third-order valence-electron chi connectivity index (χ3n) is 4.33. The van der Waals surface area contributed by atoms with Gasteiger partial charge in [0.15, 0.2) is 0 Å². The van der Waals surface area contributed by atoms with Gasteiger partial charge in [-0.1, -0.05) is 49.1 Å². The summed E-state index contributed by atoms with van der Waals surface area (Å²) in [6.45, 7) is 0. The van der Waals surface area contributed by atoms with E-state index in [-0.39, 0.29) is 0 Å². The van der Waals surface area contributed by atoms with Crippen LogP contribution in [0.2, 0.25) is 0 Å². The molecule has 106 valence electrons. The molecule has 4 nitrogen and oxygen atoms in total. The van der Waals surface area contributed by atoms with Gasteiger partial charge in [0, 0.05) is 0 Å². The Morgan fingerprint density at radius 2 is 2.00 bits per heavy atom. The molecule has 1 atom stereocenters. The van der Waals surface area contributed by atoms with Gasteiger partial charge in [-0.25, -0.2) is 4.68 Å². The van der Waals surface area contributed by atoms with Crippen molar-refractivity contribution in [1.82, 2.24) is 20.3 Å². The van der Waals surface area contributed by atoms with Crippen LogP contribution in [0.4, 0.5) is 0 Å². The molecule has 0 bridgehead atoms. The first-order chi connectivity index (χ1) is 9.88. The van der Waals surface area contributed by atoms with E-state index in [0.29, 0.717) is 6.04 Å². The molecular weight excluding hydrogens is 248 g/mol. The third kappa shape index (κ3) is 2.75. The molecule has 1 N–H and O–H groups in total. The van der Waals surface area contributed by atoms with Crippen LogP contribution in [0.25, 0.3) is 5.69 Å². The van der Waals surface area contributed by atoms with Crippen molar-refractivity contribution in [2.45, 2.75) is 38.1 Å². The van der Waals surface area contributed by atoms with Gasteiger partial charge in [-0.2, -0.15) is 0 Å². The lowest BCUT2D eigenvalue weighted by Crippen LogP contribution is -2.22. The fourth-order valence-corrected chi connectivity index (χ4v) is 3.22. The van der Waals surface area contributed by atoms with E-state index in [4.69, 9.17) is 0 Å². The van der Waals surface area contributed by atoms with Gasteiger partial charge in [0.05, 0.1) is 23.6 Å². The molecule has 1 aromatic carbocycles. The van der Waals surface area contributed by atoms with Crippen LogP contribution in [0.3, 0.4) is 0 Å². The molecule has 1 aliphatic carbocycles. The Kier molecular flexibility index (Phi) is 4.11. The van der Waals surface area contributed by atoms with Gasteiger partial charge in [-0.3, -0.25) is 0 Å². The number of aromatic nitrogens is 3. The molecule has 0 radical (unpaired) electrons. The van der Waals surface area contributed by atoms with Gasteiger partial charge in [0.1, 0.15) is 0 Å². The number of nitrogens with zero attached hydrogens (tertiary/aromatic N) is 3. The van der Waals surface area contributed by atoms with E-state index in [1.807, 2.05) is 36.1 Å². The van der Waals surface area contributed by atoms with Crippen molar-refractivity contribution in [2.75, 3.05) is 7.05 Å². The quantitative estimate of drug-likeness (QED) is 0.907. The zero-order chi connectivity index (χ0) is 13.8. The number of para-hydroxylation sites is 1. The highest BCUT2D eigenvalue weighted by Crippen LogP contribution is 2.33. The Hall–Kier alpha value is -1.68. The maximum Gasteiger partial charge on any atom is 0.0815 e. The Bertz CT molecular complexity index is 528. The molecule has 1 saturated carbocycles. The van der Waals surface area contributed by atoms with Gasteiger partial charge >= 0.3 is 0 Å². The summed E-state index contributed by atoms with van der Waals surface area (Å²) in [7, 11) is 2.03. The SMILES string of the molecule is CNC(CC1CCCC1)c1cnnn1-c1ccccc1. The maximum atomic E-state index is 4.26. The minimum absolute atomic E-state index is 0.327. The van der Waals surface area contributed by atoms with Crippen LogP contribution in [0.1, 0.15) is 43.8 Å². The lowest BCUT2D eigenvalue weighted by Gasteiger charge is -2.20. The summed E-state index contributed by atoms with van der Waals surface area (Å²) in [6.07, 6.45) is 8.57. The number of hydrogen-bond donors (Lipinski definition) is 1. The molecule has 0 aliphatic heterocycles. The molecular formula is C16H22N4. The van der Waals surface area contributed by atoms with Gasteiger partial charge < -0.3 is 5.32 Å². The largest absolute Gasteiger partial charge is 0.312 e. The molecule has 1 aromatic heterocycles. The molecule has 0 amide bonds. The van der Waals surface area contributed by atoms with Crippen LogP contribution in [0, 0.1) is 5.92 Å². The van der Waals surface area contributed by atoms with Crippen LogP contribution in [0.15, 0.2) is 36.5 Å². The van der Waals surface area contributed by atoms with E-state index in [1.54, 1.807) is 0 Å². The highest BCUT2D eigenvalue weighted by Gasteiger charge is 2.23. The second-order valence-corrected chi connectivity index (χ2v) is 5.63. The standard InChI is InChI=1S/C16H22N4/c1-17-15(11-13-7-5-6-8-13)16-12-18-19-20(16)14-9-3-2-4-10-14/h2-4,9-10,12-13,15,17H,5-8,11H2,1H3. The second kappa shape index (κ2) is 6.18. The topological polar surface area (TPSA) is 42.7 Å². The highest BCUT2D eigenvalue weighted by atomic mass is 15.4. The first-order valence-corrected chi connectivity index (χ1v) is 7.52. The van der Waals surface area contributed by atoms with Crippen molar-refractivity contribution in [3.05, 3.63) is 42.2 Å². The van der Waals surface area contributed by atoms with Gasteiger partial charge in [0.2, 0.25) is 0 Å². The lowest BCUT2D eigenvalue weighted by molar-refractivity contribution is 0.402. The number of rotatable bonds is 5. The summed E-state index contributed by atoms with van der Waals surface area (Å²) in [4.78, 5) is 0. The zero-order valence-electron chi connectivity index (χ0n) is 12.0. The molecule has 3 rings (SSSR count). The van der Waals surface area contributed by atoms with E-state index in [1.165, 1.54) is 32.1 Å². The smallest absolute Gasteiger partial charge is 0.0815 e. The van der Waals surface area contributed by atoms with E-state index >= 15 is 0 Å². The molecule has 1 unspecified atom stereocenters. The zero-order valence-corrected chi connectivity index (χ0v) is 12.0. The number of hydrogen-bond acceptors (Lipinski definition) is 3. The monoisotopic (exact) mass is 270 g/mol. The average molecular weight is 270 g/mol. The van der Waals surface area contributed by atoms with Gasteiger partial charge in [-0.15, -0.1) is 5.10 Å². The fourth-order valence-electron chi connectivity index (χ4n) is 3.22. The molecule has 4 heteroatoms. The normalized spacial score (nSPS) is 17.4. The van der Waals surface area contributed by atoms with Crippen LogP contribution in [0.5, 0.6) is 0 Å². The van der Waals surface area contributed by atoms with Crippen molar-refractivity contribution in [1.29, 1.82) is 0 Å². The van der Waals surface area contributed by atoms with E-state index in [2.05, 4.69) is 27.8 Å². The second-order valence-electron chi connectivity index (χ2n) is 5.63. The maximum absolute atomic E-state index is 4.26. The van der Waals surface area contributed by atoms with Crippen LogP contribution < -0.4 is 5.32 Å². The van der Waals surface area contributed by atoms with Crippen LogP contribution in [-0.4, -0.2) is 22.0 Å². The summed E-state index contributed by atoms with van der Waals surface area (Å²) >= 11 is 0. The van der Waals surface area contributed by atoms with Crippen molar-refractivity contribution in [3.63, 3.8) is 0 Å². The summed E-state index contributed by atoms with van der Waals surface area (Å²) in [5.74, 6) is 0.839. The molecule has 1 heterocycles. The highest BCUT2D eigenvalue weighted by molar-refractivity contribution is 5.32. The molecule has 20 heavy (non-hydrogen) atoms. The first kappa shape index (κ1) is 13.3. The average Bonchev–Trinajstić information content (AvgIpc) is 3.17. The number of nitrogens with one attached hydrogen (secondary N) is 1. The summed E-state index contributed by atoms with van der Waals surface area (Å²) in [5, 5.41) is 11.8. The van der Waals surface area contributed by atoms with Crippen LogP contribution >= 0.6 is 0 Å². The molecule has 0 spiro atoms. The van der Waals surface area contributed by atoms with E-state index in [9.17, 15) is 0 Å². The summed E-state index contributed by atoms with van der Waals surface area (Å²) in [5.41, 5.74) is 2.23. The Balaban J connectivity index is 1.83. The van der Waals surface area contributed by atoms with Crippen molar-refractivity contribution in [2.24, 2.45) is 5.92 Å². The molecule has 1 aliphatic rings. The molecule has 2 aromatic rings. The van der Waals surface area contributed by atoms with E-state index in [0.717, 1.165) is 17.3 Å². The summed E-state index contributed by atoms with van der Waals surface area (Å²) < 4.78 is 1.95. The Morgan fingerprint density at radius 1 is 1.25 bits per heavy atom. The van der Waals surface area contributed by atoms with Gasteiger partial charge in [-0.05, 0) is 31.5 Å². The molecule has 0 saturated heterocycles. The summed E-state index contributed by atoms with van der Waals surface area (Å²) in [6, 6.07) is 10.6. The van der Waals surface area contributed by atoms with Crippen LogP contribution in [-0.2, 0) is 0 Å². The predicted octanol–water partition coefficient (Wildman–Crippen LogP) is 3.11.